The van der Waals surface area contributed by atoms with Gasteiger partial charge in [0.25, 0.3) is 11.8 Å². The quantitative estimate of drug-likeness (QED) is 0.642. The van der Waals surface area contributed by atoms with Crippen molar-refractivity contribution >= 4 is 17.7 Å². The van der Waals surface area contributed by atoms with Gasteiger partial charge in [-0.1, -0.05) is 18.2 Å². The molecular weight excluding hydrogens is 372 g/mol. The molecule has 2 aromatic carbocycles. The molecule has 3 amide bonds. The van der Waals surface area contributed by atoms with Crippen molar-refractivity contribution in [2.45, 2.75) is 19.4 Å². The monoisotopic (exact) mass is 396 g/mol. The molecule has 0 aliphatic carbocycles. The normalized spacial score (nSPS) is 12.7. The third-order valence-electron chi connectivity index (χ3n) is 4.94. The van der Waals surface area contributed by atoms with E-state index < -0.39 is 0 Å². The van der Waals surface area contributed by atoms with Gasteiger partial charge in [-0.25, -0.2) is 0 Å². The van der Waals surface area contributed by atoms with Crippen LogP contribution in [0.2, 0.25) is 0 Å². The molecule has 29 heavy (non-hydrogen) atoms. The summed E-state index contributed by atoms with van der Waals surface area (Å²) in [7, 11) is 4.86. The Morgan fingerprint density at radius 1 is 0.966 bits per heavy atom. The molecule has 0 saturated carbocycles. The molecule has 1 aliphatic heterocycles. The summed E-state index contributed by atoms with van der Waals surface area (Å²) in [4.78, 5) is 40.0. The van der Waals surface area contributed by atoms with Crippen molar-refractivity contribution < 1.29 is 23.9 Å². The lowest BCUT2D eigenvalue weighted by Crippen LogP contribution is -2.32. The Balaban J connectivity index is 1.52. The molecule has 0 unspecified atom stereocenters. The molecular formula is C22H24N2O5. The van der Waals surface area contributed by atoms with Crippen molar-refractivity contribution in [1.82, 2.24) is 9.80 Å². The largest absolute Gasteiger partial charge is 0.493 e. The van der Waals surface area contributed by atoms with E-state index in [-0.39, 0.29) is 30.7 Å². The second-order valence-electron chi connectivity index (χ2n) is 6.85. The number of ether oxygens (including phenoxy) is 2. The Hall–Kier alpha value is -3.35. The number of benzene rings is 2. The van der Waals surface area contributed by atoms with Gasteiger partial charge in [-0.2, -0.15) is 0 Å². The second-order valence-corrected chi connectivity index (χ2v) is 6.85. The molecule has 7 heteroatoms. The Labute approximate surface area is 169 Å². The lowest BCUT2D eigenvalue weighted by Gasteiger charge is -2.19. The van der Waals surface area contributed by atoms with Gasteiger partial charge in [0.2, 0.25) is 5.91 Å². The molecule has 0 atom stereocenters. The van der Waals surface area contributed by atoms with Gasteiger partial charge in [0.15, 0.2) is 11.5 Å². The number of amides is 3. The lowest BCUT2D eigenvalue weighted by molar-refractivity contribution is -0.130. The molecule has 7 nitrogen and oxygen atoms in total. The van der Waals surface area contributed by atoms with E-state index >= 15 is 0 Å². The third kappa shape index (κ3) is 4.23. The van der Waals surface area contributed by atoms with Crippen LogP contribution in [0.25, 0.3) is 0 Å². The van der Waals surface area contributed by atoms with Crippen molar-refractivity contribution in [3.05, 3.63) is 59.2 Å². The molecule has 0 saturated heterocycles. The molecule has 0 radical (unpaired) electrons. The summed E-state index contributed by atoms with van der Waals surface area (Å²) in [6.45, 7) is 0.647. The zero-order chi connectivity index (χ0) is 21.0. The van der Waals surface area contributed by atoms with Crippen LogP contribution in [0.1, 0.15) is 39.1 Å². The Morgan fingerprint density at radius 3 is 2.17 bits per heavy atom. The van der Waals surface area contributed by atoms with E-state index in [0.717, 1.165) is 5.56 Å². The van der Waals surface area contributed by atoms with Crippen LogP contribution in [0.3, 0.4) is 0 Å². The smallest absolute Gasteiger partial charge is 0.261 e. The van der Waals surface area contributed by atoms with E-state index in [2.05, 4.69) is 0 Å². The molecule has 3 rings (SSSR count). The summed E-state index contributed by atoms with van der Waals surface area (Å²) < 4.78 is 10.5. The topological polar surface area (TPSA) is 76.2 Å². The minimum absolute atomic E-state index is 0.0589. The van der Waals surface area contributed by atoms with Crippen molar-refractivity contribution in [2.24, 2.45) is 0 Å². The number of carbonyl (C=O) groups is 3. The first-order valence-electron chi connectivity index (χ1n) is 9.36. The van der Waals surface area contributed by atoms with Crippen molar-refractivity contribution in [2.75, 3.05) is 27.8 Å². The summed E-state index contributed by atoms with van der Waals surface area (Å²) >= 11 is 0. The average Bonchev–Trinajstić information content (AvgIpc) is 2.98. The van der Waals surface area contributed by atoms with Gasteiger partial charge in [0.05, 0.1) is 25.3 Å². The molecule has 0 spiro atoms. The SMILES string of the molecule is COc1ccc(CN(C)C(=O)CCCN2C(=O)c3ccccc3C2=O)cc1OC. The summed E-state index contributed by atoms with van der Waals surface area (Å²) in [5.41, 5.74) is 1.77. The van der Waals surface area contributed by atoms with Gasteiger partial charge < -0.3 is 14.4 Å². The molecule has 0 aromatic heterocycles. The van der Waals surface area contributed by atoms with Gasteiger partial charge in [-0.05, 0) is 36.2 Å². The van der Waals surface area contributed by atoms with Crippen LogP contribution in [0, 0.1) is 0 Å². The first-order valence-corrected chi connectivity index (χ1v) is 9.36. The van der Waals surface area contributed by atoms with Gasteiger partial charge in [0, 0.05) is 26.6 Å². The predicted octanol–water partition coefficient (Wildman–Crippen LogP) is 2.74. The fourth-order valence-corrected chi connectivity index (χ4v) is 3.36. The maximum Gasteiger partial charge on any atom is 0.261 e. The molecule has 152 valence electrons. The first kappa shape index (κ1) is 20.4. The number of hydrogen-bond donors (Lipinski definition) is 0. The summed E-state index contributed by atoms with van der Waals surface area (Å²) in [5, 5.41) is 0. The van der Waals surface area contributed by atoms with E-state index in [0.29, 0.717) is 35.6 Å². The number of methoxy groups -OCH3 is 2. The minimum Gasteiger partial charge on any atom is -0.493 e. The van der Waals surface area contributed by atoms with E-state index in [1.165, 1.54) is 4.90 Å². The molecule has 0 fully saturated rings. The van der Waals surface area contributed by atoms with Crippen LogP contribution >= 0.6 is 0 Å². The number of rotatable bonds is 8. The average molecular weight is 396 g/mol. The summed E-state index contributed by atoms with van der Waals surface area (Å²) in [6.07, 6.45) is 0.664. The molecule has 2 aromatic rings. The van der Waals surface area contributed by atoms with Gasteiger partial charge >= 0.3 is 0 Å². The Bertz CT molecular complexity index is 906. The standard InChI is InChI=1S/C22H24N2O5/c1-23(14-15-10-11-18(28-2)19(13-15)29-3)20(25)9-6-12-24-21(26)16-7-4-5-8-17(16)22(24)27/h4-5,7-8,10-11,13H,6,9,12,14H2,1-3H3. The van der Waals surface area contributed by atoms with Crippen LogP contribution in [0.5, 0.6) is 11.5 Å². The zero-order valence-electron chi connectivity index (χ0n) is 16.8. The van der Waals surface area contributed by atoms with Crippen LogP contribution in [0.15, 0.2) is 42.5 Å². The summed E-state index contributed by atoms with van der Waals surface area (Å²) in [6, 6.07) is 12.3. The van der Waals surface area contributed by atoms with Crippen LogP contribution < -0.4 is 9.47 Å². The molecule has 0 bridgehead atoms. The molecule has 1 aliphatic rings. The maximum atomic E-state index is 12.5. The third-order valence-corrected chi connectivity index (χ3v) is 4.94. The van der Waals surface area contributed by atoms with Gasteiger partial charge in [-0.15, -0.1) is 0 Å². The maximum absolute atomic E-state index is 12.5. The van der Waals surface area contributed by atoms with E-state index in [9.17, 15) is 14.4 Å². The highest BCUT2D eigenvalue weighted by Gasteiger charge is 2.34. The number of nitrogens with zero attached hydrogens (tertiary/aromatic N) is 2. The highest BCUT2D eigenvalue weighted by molar-refractivity contribution is 6.21. The van der Waals surface area contributed by atoms with Gasteiger partial charge in [-0.3, -0.25) is 19.3 Å². The van der Waals surface area contributed by atoms with E-state index in [1.54, 1.807) is 56.5 Å². The predicted molar refractivity (Wildman–Crippen MR) is 107 cm³/mol. The lowest BCUT2D eigenvalue weighted by atomic mass is 10.1. The highest BCUT2D eigenvalue weighted by atomic mass is 16.5. The fraction of sp³-hybridized carbons (Fsp3) is 0.318. The minimum atomic E-state index is -0.295. The van der Waals surface area contributed by atoms with Crippen LogP contribution in [-0.4, -0.2) is 55.3 Å². The number of carbonyl (C=O) groups excluding carboxylic acids is 3. The van der Waals surface area contributed by atoms with Gasteiger partial charge in [0.1, 0.15) is 0 Å². The number of hydrogen-bond acceptors (Lipinski definition) is 5. The van der Waals surface area contributed by atoms with E-state index in [4.69, 9.17) is 9.47 Å². The van der Waals surface area contributed by atoms with Crippen molar-refractivity contribution in [3.63, 3.8) is 0 Å². The van der Waals surface area contributed by atoms with E-state index in [1.807, 2.05) is 12.1 Å². The second kappa shape index (κ2) is 8.77. The summed E-state index contributed by atoms with van der Waals surface area (Å²) in [5.74, 6) is 0.590. The van der Waals surface area contributed by atoms with Crippen LogP contribution in [-0.2, 0) is 11.3 Å². The fourth-order valence-electron chi connectivity index (χ4n) is 3.36. The Morgan fingerprint density at radius 2 is 1.59 bits per heavy atom. The zero-order valence-corrected chi connectivity index (χ0v) is 16.8. The number of fused-ring (bicyclic) bond motifs is 1. The molecule has 0 N–H and O–H groups in total. The van der Waals surface area contributed by atoms with Crippen molar-refractivity contribution in [3.8, 4) is 11.5 Å². The van der Waals surface area contributed by atoms with Crippen LogP contribution in [0.4, 0.5) is 0 Å². The van der Waals surface area contributed by atoms with Crippen molar-refractivity contribution in [1.29, 1.82) is 0 Å². The Kier molecular flexibility index (Phi) is 6.16. The number of imide groups is 1. The highest BCUT2D eigenvalue weighted by Crippen LogP contribution is 2.28. The molecule has 1 heterocycles. The first-order chi connectivity index (χ1) is 14.0.